The number of amides is 2. The van der Waals surface area contributed by atoms with E-state index >= 15 is 0 Å². The molecule has 2 heterocycles. The Balaban J connectivity index is 1.92. The van der Waals surface area contributed by atoms with Gasteiger partial charge in [0.1, 0.15) is 4.88 Å². The Morgan fingerprint density at radius 3 is 2.50 bits per heavy atom. The number of nitrogens with one attached hydrogen (secondary N) is 1. The van der Waals surface area contributed by atoms with Crippen LogP contribution in [-0.4, -0.2) is 85.4 Å². The predicted molar refractivity (Wildman–Crippen MR) is 87.4 cm³/mol. The van der Waals surface area contributed by atoms with Crippen LogP contribution in [0.4, 0.5) is 5.13 Å². The summed E-state index contributed by atoms with van der Waals surface area (Å²) in [6.45, 7) is 5.89. The van der Waals surface area contributed by atoms with Crippen molar-refractivity contribution in [3.05, 3.63) is 10.6 Å². The molecular formula is C14H23N5O2S. The van der Waals surface area contributed by atoms with E-state index in [9.17, 15) is 9.59 Å². The third kappa shape index (κ3) is 4.25. The molecule has 1 fully saturated rings. The first-order valence-electron chi connectivity index (χ1n) is 7.26. The van der Waals surface area contributed by atoms with E-state index in [4.69, 9.17) is 0 Å². The second-order valence-corrected chi connectivity index (χ2v) is 6.76. The maximum atomic E-state index is 12.1. The quantitative estimate of drug-likeness (QED) is 0.864. The standard InChI is InChI=1S/C14H23N5O2S/c1-10-12(13(21)17(2)3)22-14(15-10)16-11(20)9-19-7-5-18(4)6-8-19/h5-9H2,1-4H3,(H,15,16,20). The lowest BCUT2D eigenvalue weighted by atomic mass is 10.3. The Morgan fingerprint density at radius 1 is 1.27 bits per heavy atom. The van der Waals surface area contributed by atoms with Crippen LogP contribution < -0.4 is 5.32 Å². The summed E-state index contributed by atoms with van der Waals surface area (Å²) in [7, 11) is 5.49. The molecular weight excluding hydrogens is 302 g/mol. The Labute approximate surface area is 134 Å². The Hall–Kier alpha value is -1.51. The minimum absolute atomic E-state index is 0.0813. The summed E-state index contributed by atoms with van der Waals surface area (Å²) in [4.78, 5) is 34.8. The van der Waals surface area contributed by atoms with Gasteiger partial charge in [0.2, 0.25) is 5.91 Å². The number of carbonyl (C=O) groups is 2. The molecule has 7 nitrogen and oxygen atoms in total. The van der Waals surface area contributed by atoms with Crippen molar-refractivity contribution in [3.63, 3.8) is 0 Å². The molecule has 22 heavy (non-hydrogen) atoms. The van der Waals surface area contributed by atoms with Crippen molar-refractivity contribution in [1.29, 1.82) is 0 Å². The lowest BCUT2D eigenvalue weighted by Gasteiger charge is -2.31. The fourth-order valence-corrected chi connectivity index (χ4v) is 3.22. The fraction of sp³-hybridized carbons (Fsp3) is 0.643. The van der Waals surface area contributed by atoms with Crippen molar-refractivity contribution >= 4 is 28.3 Å². The zero-order valence-corrected chi connectivity index (χ0v) is 14.4. The summed E-state index contributed by atoms with van der Waals surface area (Å²) in [5, 5.41) is 3.29. The minimum Gasteiger partial charge on any atom is -0.344 e. The van der Waals surface area contributed by atoms with Crippen LogP contribution in [0.25, 0.3) is 0 Å². The molecule has 1 saturated heterocycles. The van der Waals surface area contributed by atoms with Crippen LogP contribution in [-0.2, 0) is 4.79 Å². The molecule has 2 amide bonds. The topological polar surface area (TPSA) is 68.8 Å². The molecule has 0 aromatic carbocycles. The summed E-state index contributed by atoms with van der Waals surface area (Å²) in [6, 6.07) is 0. The molecule has 8 heteroatoms. The summed E-state index contributed by atoms with van der Waals surface area (Å²) in [5.41, 5.74) is 0.651. The number of piperazine rings is 1. The van der Waals surface area contributed by atoms with Crippen molar-refractivity contribution in [3.8, 4) is 0 Å². The molecule has 1 aliphatic heterocycles. The lowest BCUT2D eigenvalue weighted by molar-refractivity contribution is -0.117. The van der Waals surface area contributed by atoms with E-state index in [1.807, 2.05) is 0 Å². The van der Waals surface area contributed by atoms with E-state index in [1.54, 1.807) is 21.0 Å². The summed E-state index contributed by atoms with van der Waals surface area (Å²) < 4.78 is 0. The number of aromatic nitrogens is 1. The van der Waals surface area contributed by atoms with Gasteiger partial charge in [0, 0.05) is 40.3 Å². The van der Waals surface area contributed by atoms with Gasteiger partial charge in [0.25, 0.3) is 5.91 Å². The lowest BCUT2D eigenvalue weighted by Crippen LogP contribution is -2.47. The zero-order valence-electron chi connectivity index (χ0n) is 13.5. The van der Waals surface area contributed by atoms with Gasteiger partial charge in [-0.05, 0) is 14.0 Å². The van der Waals surface area contributed by atoms with Gasteiger partial charge in [0.15, 0.2) is 5.13 Å². The normalized spacial score (nSPS) is 16.5. The third-order valence-electron chi connectivity index (χ3n) is 3.61. The first-order chi connectivity index (χ1) is 10.4. The number of aryl methyl sites for hydroxylation is 1. The molecule has 0 radical (unpaired) electrons. The SMILES string of the molecule is Cc1nc(NC(=O)CN2CCN(C)CC2)sc1C(=O)N(C)C. The second-order valence-electron chi connectivity index (χ2n) is 5.76. The molecule has 0 atom stereocenters. The number of rotatable bonds is 4. The summed E-state index contributed by atoms with van der Waals surface area (Å²) in [5.74, 6) is -0.170. The summed E-state index contributed by atoms with van der Waals surface area (Å²) >= 11 is 1.23. The number of carbonyl (C=O) groups excluding carboxylic acids is 2. The van der Waals surface area contributed by atoms with Gasteiger partial charge in [0.05, 0.1) is 12.2 Å². The van der Waals surface area contributed by atoms with E-state index in [1.165, 1.54) is 16.2 Å². The van der Waals surface area contributed by atoms with E-state index < -0.39 is 0 Å². The van der Waals surface area contributed by atoms with Gasteiger partial charge in [-0.2, -0.15) is 0 Å². The van der Waals surface area contributed by atoms with Crippen molar-refractivity contribution < 1.29 is 9.59 Å². The number of hydrogen-bond donors (Lipinski definition) is 1. The number of thiazole rings is 1. The van der Waals surface area contributed by atoms with Gasteiger partial charge in [-0.15, -0.1) is 0 Å². The van der Waals surface area contributed by atoms with E-state index in [2.05, 4.69) is 27.1 Å². The van der Waals surface area contributed by atoms with Gasteiger partial charge in [-0.1, -0.05) is 11.3 Å². The van der Waals surface area contributed by atoms with Crippen molar-refractivity contribution in [2.75, 3.05) is 59.2 Å². The average molecular weight is 325 g/mol. The Bertz CT molecular complexity index is 549. The van der Waals surface area contributed by atoms with Gasteiger partial charge in [-0.25, -0.2) is 4.98 Å². The Kier molecular flexibility index (Phi) is 5.49. The summed E-state index contributed by atoms with van der Waals surface area (Å²) in [6.07, 6.45) is 0. The van der Waals surface area contributed by atoms with Crippen LogP contribution in [0.3, 0.4) is 0 Å². The molecule has 1 N–H and O–H groups in total. The molecule has 122 valence electrons. The van der Waals surface area contributed by atoms with Crippen LogP contribution in [0.5, 0.6) is 0 Å². The highest BCUT2D eigenvalue weighted by Crippen LogP contribution is 2.23. The first kappa shape index (κ1) is 16.9. The van der Waals surface area contributed by atoms with Gasteiger partial charge in [-0.3, -0.25) is 14.5 Å². The molecule has 1 aromatic rings. The van der Waals surface area contributed by atoms with E-state index in [0.717, 1.165) is 26.2 Å². The fourth-order valence-electron chi connectivity index (χ4n) is 2.22. The van der Waals surface area contributed by atoms with Crippen molar-refractivity contribution in [2.24, 2.45) is 0 Å². The smallest absolute Gasteiger partial charge is 0.265 e. The first-order valence-corrected chi connectivity index (χ1v) is 8.08. The van der Waals surface area contributed by atoms with Crippen LogP contribution in [0.1, 0.15) is 15.4 Å². The van der Waals surface area contributed by atoms with Crippen LogP contribution in [0.2, 0.25) is 0 Å². The van der Waals surface area contributed by atoms with E-state index in [0.29, 0.717) is 22.2 Å². The van der Waals surface area contributed by atoms with Crippen LogP contribution in [0.15, 0.2) is 0 Å². The third-order valence-corrected chi connectivity index (χ3v) is 4.67. The maximum absolute atomic E-state index is 12.1. The molecule has 0 unspecified atom stereocenters. The van der Waals surface area contributed by atoms with Gasteiger partial charge >= 0.3 is 0 Å². The maximum Gasteiger partial charge on any atom is 0.265 e. The largest absolute Gasteiger partial charge is 0.344 e. The zero-order chi connectivity index (χ0) is 16.3. The average Bonchev–Trinajstić information content (AvgIpc) is 2.80. The molecule has 1 aliphatic rings. The molecule has 2 rings (SSSR count). The molecule has 1 aromatic heterocycles. The van der Waals surface area contributed by atoms with E-state index in [-0.39, 0.29) is 11.8 Å². The van der Waals surface area contributed by atoms with Crippen molar-refractivity contribution in [2.45, 2.75) is 6.92 Å². The molecule has 0 spiro atoms. The highest BCUT2D eigenvalue weighted by molar-refractivity contribution is 7.17. The molecule has 0 bridgehead atoms. The second kappa shape index (κ2) is 7.17. The highest BCUT2D eigenvalue weighted by Gasteiger charge is 2.20. The van der Waals surface area contributed by atoms with Crippen LogP contribution >= 0.6 is 11.3 Å². The molecule has 0 aliphatic carbocycles. The number of hydrogen-bond acceptors (Lipinski definition) is 6. The number of anilines is 1. The monoisotopic (exact) mass is 325 g/mol. The van der Waals surface area contributed by atoms with Crippen LogP contribution in [0, 0.1) is 6.92 Å². The van der Waals surface area contributed by atoms with Gasteiger partial charge < -0.3 is 15.1 Å². The predicted octanol–water partition coefficient (Wildman–Crippen LogP) is 0.339. The highest BCUT2D eigenvalue weighted by atomic mass is 32.1. The molecule has 0 saturated carbocycles. The Morgan fingerprint density at radius 2 is 1.91 bits per heavy atom. The number of nitrogens with zero attached hydrogens (tertiary/aromatic N) is 4. The number of likely N-dealkylation sites (N-methyl/N-ethyl adjacent to an activating group) is 1. The minimum atomic E-state index is -0.0884. The van der Waals surface area contributed by atoms with Crippen molar-refractivity contribution in [1.82, 2.24) is 19.7 Å².